The molecule has 0 saturated carbocycles. The third-order valence-corrected chi connectivity index (χ3v) is 5.11. The quantitative estimate of drug-likeness (QED) is 0.205. The van der Waals surface area contributed by atoms with Crippen LogP contribution < -0.4 is 15.5 Å². The molecule has 0 bridgehead atoms. The maximum Gasteiger partial charge on any atom is 0.353 e. The average Bonchev–Trinajstić information content (AvgIpc) is 3.27. The van der Waals surface area contributed by atoms with Crippen LogP contribution in [0.2, 0.25) is 5.02 Å². The standard InChI is InChI=1S/C21H16ClN3O4S/c1-13-8-9-15(11-16(13)22)24-19(26)20(27)25-23-12-14-5-2-3-6-17(14)29-21(28)18-7-4-10-30-18/h2-12H,1H3,(H,24,26)(H,25,27)/b23-12+. The number of benzene rings is 2. The lowest BCUT2D eigenvalue weighted by molar-refractivity contribution is -0.136. The Labute approximate surface area is 181 Å². The Bertz CT molecular complexity index is 1110. The Morgan fingerprint density at radius 1 is 1.07 bits per heavy atom. The number of anilines is 1. The second kappa shape index (κ2) is 9.82. The molecule has 0 unspecified atom stereocenters. The minimum Gasteiger partial charge on any atom is -0.422 e. The Balaban J connectivity index is 1.60. The molecule has 2 aromatic carbocycles. The van der Waals surface area contributed by atoms with Crippen LogP contribution in [0.25, 0.3) is 0 Å². The molecule has 0 aliphatic carbocycles. The van der Waals surface area contributed by atoms with Gasteiger partial charge in [0.2, 0.25) is 0 Å². The molecule has 1 aromatic heterocycles. The van der Waals surface area contributed by atoms with E-state index in [0.29, 0.717) is 21.2 Å². The Hall–Kier alpha value is -3.49. The number of halogens is 1. The first-order valence-corrected chi connectivity index (χ1v) is 9.95. The van der Waals surface area contributed by atoms with Gasteiger partial charge in [0.25, 0.3) is 0 Å². The molecule has 0 aliphatic heterocycles. The molecule has 7 nitrogen and oxygen atoms in total. The monoisotopic (exact) mass is 441 g/mol. The zero-order valence-corrected chi connectivity index (χ0v) is 17.3. The predicted octanol–water partition coefficient (Wildman–Crippen LogP) is 4.02. The summed E-state index contributed by atoms with van der Waals surface area (Å²) in [5.74, 6) is -2.08. The molecule has 0 atom stereocenters. The highest BCUT2D eigenvalue weighted by atomic mass is 35.5. The summed E-state index contributed by atoms with van der Waals surface area (Å²) >= 11 is 7.27. The number of rotatable bonds is 5. The fourth-order valence-electron chi connectivity index (χ4n) is 2.29. The molecule has 2 N–H and O–H groups in total. The van der Waals surface area contributed by atoms with E-state index in [4.69, 9.17) is 16.3 Å². The number of hydrogen-bond acceptors (Lipinski definition) is 6. The normalized spacial score (nSPS) is 10.6. The molecular formula is C21H16ClN3O4S. The Morgan fingerprint density at radius 3 is 2.60 bits per heavy atom. The van der Waals surface area contributed by atoms with Crippen LogP contribution in [0.3, 0.4) is 0 Å². The summed E-state index contributed by atoms with van der Waals surface area (Å²) in [6.45, 7) is 1.82. The largest absolute Gasteiger partial charge is 0.422 e. The van der Waals surface area contributed by atoms with Crippen LogP contribution >= 0.6 is 22.9 Å². The molecule has 0 aliphatic rings. The molecule has 3 aromatic rings. The lowest BCUT2D eigenvalue weighted by Crippen LogP contribution is -2.32. The fourth-order valence-corrected chi connectivity index (χ4v) is 3.07. The van der Waals surface area contributed by atoms with Crippen LogP contribution in [0, 0.1) is 6.92 Å². The molecule has 152 valence electrons. The number of amides is 2. The highest BCUT2D eigenvalue weighted by molar-refractivity contribution is 7.12. The number of aryl methyl sites for hydroxylation is 1. The van der Waals surface area contributed by atoms with Gasteiger partial charge in [0.05, 0.1) is 6.21 Å². The number of carbonyl (C=O) groups excluding carboxylic acids is 3. The summed E-state index contributed by atoms with van der Waals surface area (Å²) < 4.78 is 5.37. The molecule has 0 spiro atoms. The van der Waals surface area contributed by atoms with E-state index < -0.39 is 17.8 Å². The second-order valence-corrected chi connectivity index (χ2v) is 7.38. The van der Waals surface area contributed by atoms with Gasteiger partial charge in [-0.15, -0.1) is 11.3 Å². The summed E-state index contributed by atoms with van der Waals surface area (Å²) in [7, 11) is 0. The van der Waals surface area contributed by atoms with Gasteiger partial charge < -0.3 is 10.1 Å². The third-order valence-electron chi connectivity index (χ3n) is 3.85. The zero-order valence-electron chi connectivity index (χ0n) is 15.7. The van der Waals surface area contributed by atoms with Crippen molar-refractivity contribution in [1.82, 2.24) is 5.43 Å². The van der Waals surface area contributed by atoms with Crippen molar-refractivity contribution in [3.63, 3.8) is 0 Å². The van der Waals surface area contributed by atoms with Crippen LogP contribution in [-0.4, -0.2) is 24.0 Å². The number of nitrogens with one attached hydrogen (secondary N) is 2. The van der Waals surface area contributed by atoms with Gasteiger partial charge >= 0.3 is 17.8 Å². The predicted molar refractivity (Wildman–Crippen MR) is 116 cm³/mol. The lowest BCUT2D eigenvalue weighted by Gasteiger charge is -2.07. The number of carbonyl (C=O) groups is 3. The van der Waals surface area contributed by atoms with Crippen LogP contribution in [0.1, 0.15) is 20.8 Å². The van der Waals surface area contributed by atoms with Crippen molar-refractivity contribution in [3.8, 4) is 5.75 Å². The van der Waals surface area contributed by atoms with Gasteiger partial charge in [-0.2, -0.15) is 5.10 Å². The number of thiophene rings is 1. The molecule has 1 heterocycles. The van der Waals surface area contributed by atoms with Crippen LogP contribution in [-0.2, 0) is 9.59 Å². The molecule has 9 heteroatoms. The first-order valence-electron chi connectivity index (χ1n) is 8.69. The van der Waals surface area contributed by atoms with Crippen molar-refractivity contribution >= 4 is 52.6 Å². The van der Waals surface area contributed by atoms with Gasteiger partial charge in [-0.25, -0.2) is 10.2 Å². The highest BCUT2D eigenvalue weighted by Gasteiger charge is 2.14. The average molecular weight is 442 g/mol. The van der Waals surface area contributed by atoms with Crippen LogP contribution in [0.5, 0.6) is 5.75 Å². The van der Waals surface area contributed by atoms with Crippen LogP contribution in [0.4, 0.5) is 5.69 Å². The SMILES string of the molecule is Cc1ccc(NC(=O)C(=O)N/N=C/c2ccccc2OC(=O)c2cccs2)cc1Cl. The van der Waals surface area contributed by atoms with Gasteiger partial charge in [0.1, 0.15) is 10.6 Å². The molecule has 0 saturated heterocycles. The van der Waals surface area contributed by atoms with E-state index >= 15 is 0 Å². The molecule has 0 fully saturated rings. The van der Waals surface area contributed by atoms with Crippen molar-refractivity contribution in [1.29, 1.82) is 0 Å². The zero-order chi connectivity index (χ0) is 21.5. The van der Waals surface area contributed by atoms with E-state index in [0.717, 1.165) is 5.56 Å². The minimum atomic E-state index is -0.962. The molecule has 30 heavy (non-hydrogen) atoms. The summed E-state index contributed by atoms with van der Waals surface area (Å²) in [6, 6.07) is 15.0. The van der Waals surface area contributed by atoms with Gasteiger partial charge in [-0.1, -0.05) is 35.9 Å². The van der Waals surface area contributed by atoms with E-state index in [1.807, 2.05) is 6.92 Å². The smallest absolute Gasteiger partial charge is 0.353 e. The molecule has 2 amide bonds. The van der Waals surface area contributed by atoms with Crippen molar-refractivity contribution in [2.45, 2.75) is 6.92 Å². The van der Waals surface area contributed by atoms with Gasteiger partial charge in [0.15, 0.2) is 0 Å². The first-order chi connectivity index (χ1) is 14.4. The number of nitrogens with zero attached hydrogens (tertiary/aromatic N) is 1. The van der Waals surface area contributed by atoms with E-state index in [9.17, 15) is 14.4 Å². The second-order valence-electron chi connectivity index (χ2n) is 6.02. The van der Waals surface area contributed by atoms with E-state index in [2.05, 4.69) is 15.8 Å². The number of hydrogen-bond donors (Lipinski definition) is 2. The van der Waals surface area contributed by atoms with E-state index in [-0.39, 0.29) is 5.75 Å². The number of ether oxygens (including phenoxy) is 1. The minimum absolute atomic E-state index is 0.271. The summed E-state index contributed by atoms with van der Waals surface area (Å²) in [5, 5.41) is 8.45. The van der Waals surface area contributed by atoms with Crippen molar-refractivity contribution in [2.24, 2.45) is 5.10 Å². The maximum atomic E-state index is 12.1. The first kappa shape index (κ1) is 21.2. The van der Waals surface area contributed by atoms with Crippen molar-refractivity contribution in [2.75, 3.05) is 5.32 Å². The number of esters is 1. The van der Waals surface area contributed by atoms with Gasteiger partial charge in [-0.05, 0) is 48.2 Å². The Kier molecular flexibility index (Phi) is 6.95. The molecule has 0 radical (unpaired) electrons. The van der Waals surface area contributed by atoms with Crippen LogP contribution in [0.15, 0.2) is 65.1 Å². The maximum absolute atomic E-state index is 12.1. The van der Waals surface area contributed by atoms with Gasteiger partial charge in [-0.3, -0.25) is 9.59 Å². The summed E-state index contributed by atoms with van der Waals surface area (Å²) in [6.07, 6.45) is 1.28. The lowest BCUT2D eigenvalue weighted by atomic mass is 10.2. The highest BCUT2D eigenvalue weighted by Crippen LogP contribution is 2.20. The van der Waals surface area contributed by atoms with E-state index in [1.54, 1.807) is 60.0 Å². The van der Waals surface area contributed by atoms with Crippen molar-refractivity contribution in [3.05, 3.63) is 81.0 Å². The fraction of sp³-hybridized carbons (Fsp3) is 0.0476. The van der Waals surface area contributed by atoms with E-state index in [1.165, 1.54) is 17.6 Å². The number of hydrazone groups is 1. The van der Waals surface area contributed by atoms with Crippen molar-refractivity contribution < 1.29 is 19.1 Å². The van der Waals surface area contributed by atoms with Gasteiger partial charge in [0, 0.05) is 16.3 Å². The molecular weight excluding hydrogens is 426 g/mol. The summed E-state index contributed by atoms with van der Waals surface area (Å²) in [4.78, 5) is 36.5. The Morgan fingerprint density at radius 2 is 1.87 bits per heavy atom. The topological polar surface area (TPSA) is 96.9 Å². The molecule has 3 rings (SSSR count). The summed E-state index contributed by atoms with van der Waals surface area (Å²) in [5.41, 5.74) is 3.82. The third kappa shape index (κ3) is 5.53. The number of para-hydroxylation sites is 1.